The Hall–Kier alpha value is -1.42. The molecule has 2 rings (SSSR count). The van der Waals surface area contributed by atoms with Gasteiger partial charge in [0.25, 0.3) is 0 Å². The number of H-pyrrole nitrogens is 1. The van der Waals surface area contributed by atoms with Crippen LogP contribution in [0.25, 0.3) is 10.9 Å². The molecule has 0 bridgehead atoms. The Morgan fingerprint density at radius 1 is 1.44 bits per heavy atom. The summed E-state index contributed by atoms with van der Waals surface area (Å²) in [5.74, 6) is 0.894. The highest BCUT2D eigenvalue weighted by Crippen LogP contribution is 2.18. The Kier molecular flexibility index (Phi) is 3.51. The molecule has 1 aromatic carbocycles. The van der Waals surface area contributed by atoms with Crippen molar-refractivity contribution in [1.29, 1.82) is 0 Å². The Morgan fingerprint density at radius 3 is 3.06 bits per heavy atom. The molecule has 0 unspecified atom stereocenters. The predicted octanol–water partition coefficient (Wildman–Crippen LogP) is 2.49. The predicted molar refractivity (Wildman–Crippen MR) is 68.3 cm³/mol. The third-order valence-electron chi connectivity index (χ3n) is 2.36. The van der Waals surface area contributed by atoms with Crippen LogP contribution in [0.3, 0.4) is 0 Å². The largest absolute Gasteiger partial charge is 0.361 e. The highest BCUT2D eigenvalue weighted by Gasteiger charge is 2.02. The van der Waals surface area contributed by atoms with Crippen molar-refractivity contribution in [2.75, 3.05) is 5.75 Å². The van der Waals surface area contributed by atoms with Crippen LogP contribution in [-0.2, 0) is 11.2 Å². The van der Waals surface area contributed by atoms with Crippen molar-refractivity contribution in [3.05, 3.63) is 36.0 Å². The van der Waals surface area contributed by atoms with Crippen molar-refractivity contribution in [2.24, 2.45) is 0 Å². The zero-order valence-corrected chi connectivity index (χ0v) is 9.93. The number of aromatic nitrogens is 1. The molecule has 2 N–H and O–H groups in total. The first-order valence-corrected chi connectivity index (χ1v) is 6.19. The smallest absolute Gasteiger partial charge is 0.226 e. The summed E-state index contributed by atoms with van der Waals surface area (Å²) in [6.45, 7) is 1.53. The first kappa shape index (κ1) is 11.1. The average molecular weight is 234 g/mol. The monoisotopic (exact) mass is 234 g/mol. The Bertz CT molecular complexity index is 492. The molecule has 0 radical (unpaired) electrons. The number of benzene rings is 1. The van der Waals surface area contributed by atoms with E-state index in [1.54, 1.807) is 0 Å². The number of carbonyl (C=O) groups is 1. The van der Waals surface area contributed by atoms with Gasteiger partial charge in [-0.25, -0.2) is 0 Å². The fraction of sp³-hybridized carbons (Fsp3) is 0.250. The molecule has 4 heteroatoms. The lowest BCUT2D eigenvalue weighted by Crippen LogP contribution is -2.11. The molecule has 0 atom stereocenters. The Labute approximate surface area is 98.8 Å². The second kappa shape index (κ2) is 5.07. The van der Waals surface area contributed by atoms with Crippen molar-refractivity contribution in [1.82, 2.24) is 9.71 Å². The molecule has 0 fully saturated rings. The highest BCUT2D eigenvalue weighted by atomic mass is 32.2. The number of fused-ring (bicyclic) bond motifs is 1. The number of para-hydroxylation sites is 1. The molecule has 2 aromatic rings. The van der Waals surface area contributed by atoms with Gasteiger partial charge in [0, 0.05) is 29.8 Å². The molecular weight excluding hydrogens is 220 g/mol. The maximum absolute atomic E-state index is 10.7. The van der Waals surface area contributed by atoms with Gasteiger partial charge in [0.2, 0.25) is 5.91 Å². The first-order valence-electron chi connectivity index (χ1n) is 5.21. The minimum absolute atomic E-state index is 0.00364. The molecule has 16 heavy (non-hydrogen) atoms. The number of rotatable bonds is 4. The molecule has 0 saturated carbocycles. The second-order valence-corrected chi connectivity index (χ2v) is 4.52. The van der Waals surface area contributed by atoms with Gasteiger partial charge in [-0.2, -0.15) is 0 Å². The van der Waals surface area contributed by atoms with Crippen LogP contribution in [0.1, 0.15) is 12.5 Å². The van der Waals surface area contributed by atoms with Crippen molar-refractivity contribution >= 4 is 28.8 Å². The van der Waals surface area contributed by atoms with Gasteiger partial charge in [-0.15, -0.1) is 0 Å². The van der Waals surface area contributed by atoms with E-state index in [9.17, 15) is 4.79 Å². The van der Waals surface area contributed by atoms with Crippen LogP contribution in [0.4, 0.5) is 0 Å². The molecule has 84 valence electrons. The van der Waals surface area contributed by atoms with Gasteiger partial charge >= 0.3 is 0 Å². The van der Waals surface area contributed by atoms with E-state index in [1.807, 2.05) is 18.3 Å². The van der Waals surface area contributed by atoms with Crippen LogP contribution in [-0.4, -0.2) is 16.6 Å². The van der Waals surface area contributed by atoms with Gasteiger partial charge < -0.3 is 9.71 Å². The third kappa shape index (κ3) is 2.58. The first-order chi connectivity index (χ1) is 7.77. The molecule has 0 spiro atoms. The summed E-state index contributed by atoms with van der Waals surface area (Å²) in [6, 6.07) is 8.25. The normalized spacial score (nSPS) is 10.6. The fourth-order valence-corrected chi connectivity index (χ4v) is 2.28. The third-order valence-corrected chi connectivity index (χ3v) is 3.20. The van der Waals surface area contributed by atoms with E-state index < -0.39 is 0 Å². The van der Waals surface area contributed by atoms with Crippen LogP contribution in [0.2, 0.25) is 0 Å². The molecule has 1 aromatic heterocycles. The van der Waals surface area contributed by atoms with Crippen LogP contribution >= 0.6 is 11.9 Å². The highest BCUT2D eigenvalue weighted by molar-refractivity contribution is 7.97. The molecule has 0 aliphatic carbocycles. The van der Waals surface area contributed by atoms with Crippen molar-refractivity contribution in [3.8, 4) is 0 Å². The standard InChI is InChI=1S/C12H14N2OS/c1-9(15)14-16-7-6-10-8-13-12-5-3-2-4-11(10)12/h2-5,8,13H,6-7H2,1H3,(H,14,15). The van der Waals surface area contributed by atoms with E-state index in [-0.39, 0.29) is 5.91 Å². The average Bonchev–Trinajstić information content (AvgIpc) is 2.68. The van der Waals surface area contributed by atoms with E-state index in [0.717, 1.165) is 12.2 Å². The zero-order valence-electron chi connectivity index (χ0n) is 9.12. The molecular formula is C12H14N2OS. The van der Waals surface area contributed by atoms with E-state index in [0.29, 0.717) is 0 Å². The van der Waals surface area contributed by atoms with Crippen molar-refractivity contribution in [2.45, 2.75) is 13.3 Å². The molecule has 3 nitrogen and oxygen atoms in total. The number of hydrogen-bond acceptors (Lipinski definition) is 2. The lowest BCUT2D eigenvalue weighted by Gasteiger charge is -2.00. The molecule has 0 aliphatic heterocycles. The van der Waals surface area contributed by atoms with Gasteiger partial charge in [-0.05, 0) is 18.1 Å². The van der Waals surface area contributed by atoms with E-state index in [1.165, 1.54) is 35.3 Å². The van der Waals surface area contributed by atoms with Crippen molar-refractivity contribution < 1.29 is 4.79 Å². The number of hydrogen-bond donors (Lipinski definition) is 2. The summed E-state index contributed by atoms with van der Waals surface area (Å²) in [5.41, 5.74) is 2.47. The van der Waals surface area contributed by atoms with E-state index >= 15 is 0 Å². The van der Waals surface area contributed by atoms with E-state index in [2.05, 4.69) is 21.8 Å². The summed E-state index contributed by atoms with van der Waals surface area (Å²) in [6.07, 6.45) is 2.99. The Morgan fingerprint density at radius 2 is 2.25 bits per heavy atom. The molecule has 0 aliphatic rings. The molecule has 1 heterocycles. The van der Waals surface area contributed by atoms with Gasteiger partial charge in [0.05, 0.1) is 0 Å². The quantitative estimate of drug-likeness (QED) is 0.630. The molecule has 1 amide bonds. The minimum Gasteiger partial charge on any atom is -0.361 e. The zero-order chi connectivity index (χ0) is 11.4. The summed E-state index contributed by atoms with van der Waals surface area (Å²) in [5, 5.41) is 1.27. The van der Waals surface area contributed by atoms with Crippen LogP contribution < -0.4 is 4.72 Å². The summed E-state index contributed by atoms with van der Waals surface area (Å²) >= 11 is 1.45. The fourth-order valence-electron chi connectivity index (χ4n) is 1.65. The van der Waals surface area contributed by atoms with Gasteiger partial charge in [0.1, 0.15) is 0 Å². The topological polar surface area (TPSA) is 44.9 Å². The second-order valence-electron chi connectivity index (χ2n) is 3.62. The Balaban J connectivity index is 1.97. The summed E-state index contributed by atoms with van der Waals surface area (Å²) in [4.78, 5) is 13.9. The summed E-state index contributed by atoms with van der Waals surface area (Å²) < 4.78 is 2.72. The lowest BCUT2D eigenvalue weighted by molar-refractivity contribution is -0.117. The van der Waals surface area contributed by atoms with Crippen LogP contribution in [0.5, 0.6) is 0 Å². The maximum Gasteiger partial charge on any atom is 0.226 e. The molecule has 0 saturated heterocycles. The number of aryl methyl sites for hydroxylation is 1. The number of amides is 1. The minimum atomic E-state index is 0.00364. The van der Waals surface area contributed by atoms with Crippen molar-refractivity contribution in [3.63, 3.8) is 0 Å². The van der Waals surface area contributed by atoms with Crippen LogP contribution in [0.15, 0.2) is 30.5 Å². The maximum atomic E-state index is 10.7. The van der Waals surface area contributed by atoms with Gasteiger partial charge in [0.15, 0.2) is 0 Å². The summed E-state index contributed by atoms with van der Waals surface area (Å²) in [7, 11) is 0. The SMILES string of the molecule is CC(=O)NSCCc1c[nH]c2ccccc12. The van der Waals surface area contributed by atoms with Gasteiger partial charge in [-0.3, -0.25) is 4.79 Å². The van der Waals surface area contributed by atoms with E-state index in [4.69, 9.17) is 0 Å². The van der Waals surface area contributed by atoms with Crippen LogP contribution in [0, 0.1) is 0 Å². The lowest BCUT2D eigenvalue weighted by atomic mass is 10.1. The number of aromatic amines is 1. The number of nitrogens with one attached hydrogen (secondary N) is 2. The number of carbonyl (C=O) groups excluding carboxylic acids is 1. The van der Waals surface area contributed by atoms with Gasteiger partial charge in [-0.1, -0.05) is 30.1 Å².